The smallest absolute Gasteiger partial charge is 0.0379 e. The number of rotatable bonds is 2. The number of hydrogen-bond donors (Lipinski definition) is 1. The molecule has 0 aliphatic rings. The van der Waals surface area contributed by atoms with E-state index in [0.717, 1.165) is 18.5 Å². The first-order valence-electron chi connectivity index (χ1n) is 4.56. The van der Waals surface area contributed by atoms with Crippen molar-refractivity contribution in [3.05, 3.63) is 28.8 Å². The molecule has 1 rings (SSSR count). The molecule has 0 aromatic heterocycles. The highest BCUT2D eigenvalue weighted by atomic mass is 35.5. The van der Waals surface area contributed by atoms with Crippen molar-refractivity contribution in [2.45, 2.75) is 33.6 Å². The number of nitrogen functional groups attached to an aromatic ring is 1. The first kappa shape index (κ1) is 12.3. The van der Waals surface area contributed by atoms with E-state index in [1.165, 1.54) is 16.7 Å². The number of hydrogen-bond acceptors (Lipinski definition) is 1. The van der Waals surface area contributed by atoms with Gasteiger partial charge in [-0.05, 0) is 30.9 Å². The van der Waals surface area contributed by atoms with Gasteiger partial charge < -0.3 is 5.73 Å². The van der Waals surface area contributed by atoms with Crippen molar-refractivity contribution < 1.29 is 0 Å². The van der Waals surface area contributed by atoms with Crippen LogP contribution in [0.2, 0.25) is 0 Å². The van der Waals surface area contributed by atoms with Crippen LogP contribution >= 0.6 is 12.4 Å². The van der Waals surface area contributed by atoms with Gasteiger partial charge in [-0.25, -0.2) is 0 Å². The van der Waals surface area contributed by atoms with Crippen LogP contribution in [0.4, 0.5) is 5.69 Å². The predicted octanol–water partition coefficient (Wildman–Crippen LogP) is 3.12. The monoisotopic (exact) mass is 199 g/mol. The van der Waals surface area contributed by atoms with E-state index in [2.05, 4.69) is 32.9 Å². The summed E-state index contributed by atoms with van der Waals surface area (Å²) in [5.74, 6) is 0. The molecule has 0 aliphatic heterocycles. The van der Waals surface area contributed by atoms with Crippen LogP contribution in [0, 0.1) is 6.92 Å². The summed E-state index contributed by atoms with van der Waals surface area (Å²) in [6.07, 6.45) is 2.06. The van der Waals surface area contributed by atoms with E-state index < -0.39 is 0 Å². The van der Waals surface area contributed by atoms with Gasteiger partial charge in [0.2, 0.25) is 0 Å². The lowest BCUT2D eigenvalue weighted by Crippen LogP contribution is -1.99. The molecule has 0 fully saturated rings. The number of anilines is 1. The zero-order valence-electron chi connectivity index (χ0n) is 8.55. The minimum Gasteiger partial charge on any atom is -0.398 e. The Morgan fingerprint density at radius 1 is 1.08 bits per heavy atom. The topological polar surface area (TPSA) is 26.0 Å². The summed E-state index contributed by atoms with van der Waals surface area (Å²) in [5.41, 5.74) is 10.9. The van der Waals surface area contributed by atoms with Crippen LogP contribution in [0.1, 0.15) is 30.5 Å². The molecular formula is C11H18ClN. The second-order valence-corrected chi connectivity index (χ2v) is 3.20. The van der Waals surface area contributed by atoms with E-state index >= 15 is 0 Å². The Morgan fingerprint density at radius 2 is 1.46 bits per heavy atom. The lowest BCUT2D eigenvalue weighted by atomic mass is 10.0. The Labute approximate surface area is 86.7 Å². The van der Waals surface area contributed by atoms with Crippen LogP contribution in [-0.2, 0) is 12.8 Å². The first-order valence-corrected chi connectivity index (χ1v) is 4.56. The van der Waals surface area contributed by atoms with Gasteiger partial charge >= 0.3 is 0 Å². The zero-order valence-corrected chi connectivity index (χ0v) is 9.37. The van der Waals surface area contributed by atoms with Gasteiger partial charge in [0.15, 0.2) is 0 Å². The molecule has 0 radical (unpaired) electrons. The molecule has 0 atom stereocenters. The number of halogens is 1. The van der Waals surface area contributed by atoms with Gasteiger partial charge in [0.25, 0.3) is 0 Å². The van der Waals surface area contributed by atoms with Gasteiger partial charge in [-0.1, -0.05) is 31.5 Å². The molecule has 0 saturated carbocycles. The van der Waals surface area contributed by atoms with Gasteiger partial charge in [0, 0.05) is 5.69 Å². The van der Waals surface area contributed by atoms with Crippen molar-refractivity contribution in [1.82, 2.24) is 0 Å². The molecule has 0 spiro atoms. The summed E-state index contributed by atoms with van der Waals surface area (Å²) in [6.45, 7) is 6.41. The van der Waals surface area contributed by atoms with Gasteiger partial charge in [0.05, 0.1) is 0 Å². The molecule has 2 heteroatoms. The summed E-state index contributed by atoms with van der Waals surface area (Å²) < 4.78 is 0. The van der Waals surface area contributed by atoms with Gasteiger partial charge in [-0.15, -0.1) is 12.4 Å². The Hall–Kier alpha value is -0.690. The highest BCUT2D eigenvalue weighted by molar-refractivity contribution is 5.85. The maximum atomic E-state index is 5.97. The van der Waals surface area contributed by atoms with Crippen molar-refractivity contribution in [3.63, 3.8) is 0 Å². The average Bonchev–Trinajstić information content (AvgIpc) is 2.08. The van der Waals surface area contributed by atoms with Gasteiger partial charge in [0.1, 0.15) is 0 Å². The molecule has 74 valence electrons. The Morgan fingerprint density at radius 3 is 1.77 bits per heavy atom. The second kappa shape index (κ2) is 5.13. The minimum atomic E-state index is 0. The summed E-state index contributed by atoms with van der Waals surface area (Å²) in [6, 6.07) is 4.35. The van der Waals surface area contributed by atoms with Gasteiger partial charge in [-0.2, -0.15) is 0 Å². The third kappa shape index (κ3) is 2.63. The van der Waals surface area contributed by atoms with Gasteiger partial charge in [-0.3, -0.25) is 0 Å². The fourth-order valence-electron chi connectivity index (χ4n) is 1.54. The van der Waals surface area contributed by atoms with Crippen LogP contribution in [0.15, 0.2) is 12.1 Å². The standard InChI is InChI=1S/C11H17N.ClH/c1-4-9-6-8(3)7-10(5-2)11(9)12;/h6-7H,4-5,12H2,1-3H3;1H. The van der Waals surface area contributed by atoms with E-state index in [9.17, 15) is 0 Å². The minimum absolute atomic E-state index is 0. The lowest BCUT2D eigenvalue weighted by molar-refractivity contribution is 1.08. The van der Waals surface area contributed by atoms with E-state index in [-0.39, 0.29) is 12.4 Å². The fraction of sp³-hybridized carbons (Fsp3) is 0.455. The number of nitrogens with two attached hydrogens (primary N) is 1. The quantitative estimate of drug-likeness (QED) is 0.728. The van der Waals surface area contributed by atoms with E-state index in [4.69, 9.17) is 5.73 Å². The van der Waals surface area contributed by atoms with Crippen molar-refractivity contribution in [2.75, 3.05) is 5.73 Å². The van der Waals surface area contributed by atoms with Crippen LogP contribution in [-0.4, -0.2) is 0 Å². The highest BCUT2D eigenvalue weighted by Gasteiger charge is 2.02. The van der Waals surface area contributed by atoms with E-state index in [0.29, 0.717) is 0 Å². The van der Waals surface area contributed by atoms with Crippen LogP contribution in [0.3, 0.4) is 0 Å². The highest BCUT2D eigenvalue weighted by Crippen LogP contribution is 2.20. The molecule has 0 aliphatic carbocycles. The molecule has 0 saturated heterocycles. The Kier molecular flexibility index (Phi) is 4.86. The summed E-state index contributed by atoms with van der Waals surface area (Å²) in [4.78, 5) is 0. The third-order valence-electron chi connectivity index (χ3n) is 2.26. The fourth-order valence-corrected chi connectivity index (χ4v) is 1.54. The summed E-state index contributed by atoms with van der Waals surface area (Å²) in [5, 5.41) is 0. The maximum absolute atomic E-state index is 5.97. The molecular weight excluding hydrogens is 182 g/mol. The van der Waals surface area contributed by atoms with Crippen molar-refractivity contribution in [1.29, 1.82) is 0 Å². The molecule has 0 heterocycles. The third-order valence-corrected chi connectivity index (χ3v) is 2.26. The predicted molar refractivity (Wildman–Crippen MR) is 61.6 cm³/mol. The van der Waals surface area contributed by atoms with E-state index in [1.807, 2.05) is 0 Å². The molecule has 1 aromatic rings. The molecule has 2 N–H and O–H groups in total. The zero-order chi connectivity index (χ0) is 9.14. The largest absolute Gasteiger partial charge is 0.398 e. The van der Waals surface area contributed by atoms with Crippen LogP contribution < -0.4 is 5.73 Å². The molecule has 0 amide bonds. The SMILES string of the molecule is CCc1cc(C)cc(CC)c1N.Cl. The average molecular weight is 200 g/mol. The Balaban J connectivity index is 0.00000144. The summed E-state index contributed by atoms with van der Waals surface area (Å²) in [7, 11) is 0. The maximum Gasteiger partial charge on any atom is 0.0379 e. The second-order valence-electron chi connectivity index (χ2n) is 3.20. The molecule has 0 unspecified atom stereocenters. The van der Waals surface area contributed by atoms with Crippen molar-refractivity contribution in [3.8, 4) is 0 Å². The van der Waals surface area contributed by atoms with Crippen molar-refractivity contribution in [2.24, 2.45) is 0 Å². The van der Waals surface area contributed by atoms with Crippen molar-refractivity contribution >= 4 is 18.1 Å². The Bertz CT molecular complexity index is 256. The molecule has 13 heavy (non-hydrogen) atoms. The normalized spacial score (nSPS) is 9.46. The first-order chi connectivity index (χ1) is 5.69. The molecule has 1 nitrogen and oxygen atoms in total. The number of benzene rings is 1. The molecule has 0 bridgehead atoms. The molecule has 1 aromatic carbocycles. The summed E-state index contributed by atoms with van der Waals surface area (Å²) >= 11 is 0. The van der Waals surface area contributed by atoms with Crippen LogP contribution in [0.5, 0.6) is 0 Å². The lowest BCUT2D eigenvalue weighted by Gasteiger charge is -2.09. The number of aryl methyl sites for hydroxylation is 3. The van der Waals surface area contributed by atoms with Crippen LogP contribution in [0.25, 0.3) is 0 Å². The van der Waals surface area contributed by atoms with E-state index in [1.54, 1.807) is 0 Å².